The van der Waals surface area contributed by atoms with E-state index in [2.05, 4.69) is 4.98 Å². The van der Waals surface area contributed by atoms with Crippen molar-refractivity contribution >= 4 is 29.1 Å². The van der Waals surface area contributed by atoms with Crippen molar-refractivity contribution in [1.82, 2.24) is 19.2 Å². The molecule has 1 aliphatic heterocycles. The second-order valence-electron chi connectivity index (χ2n) is 9.23. The molecule has 2 atom stereocenters. The number of halogens is 4. The molecule has 0 bridgehead atoms. The molecule has 3 fully saturated rings. The lowest BCUT2D eigenvalue weighted by molar-refractivity contribution is -0.138. The van der Waals surface area contributed by atoms with Crippen LogP contribution in [-0.2, 0) is 11.0 Å². The van der Waals surface area contributed by atoms with Crippen molar-refractivity contribution in [3.63, 3.8) is 0 Å². The molecule has 2 aromatic rings. The van der Waals surface area contributed by atoms with Gasteiger partial charge in [0.25, 0.3) is 5.91 Å². The summed E-state index contributed by atoms with van der Waals surface area (Å²) in [5.41, 5.74) is -1.09. The number of imidazole rings is 1. The van der Waals surface area contributed by atoms with E-state index >= 15 is 0 Å². The molecular weight excluding hydrogens is 461 g/mol. The molecule has 1 saturated heterocycles. The van der Waals surface area contributed by atoms with Gasteiger partial charge in [0.2, 0.25) is 5.91 Å². The third kappa shape index (κ3) is 4.07. The molecule has 2 aliphatic carbocycles. The summed E-state index contributed by atoms with van der Waals surface area (Å²) in [6, 6.07) is 1.13. The fourth-order valence-corrected chi connectivity index (χ4v) is 5.27. The lowest BCUT2D eigenvalue weighted by atomic mass is 10.1. The normalized spacial score (nSPS) is 24.2. The van der Waals surface area contributed by atoms with Gasteiger partial charge in [-0.05, 0) is 55.6 Å². The molecule has 33 heavy (non-hydrogen) atoms. The highest BCUT2D eigenvalue weighted by Gasteiger charge is 2.40. The second-order valence-corrected chi connectivity index (χ2v) is 9.59. The van der Waals surface area contributed by atoms with Gasteiger partial charge in [-0.15, -0.1) is 0 Å². The molecule has 2 amide bonds. The highest BCUT2D eigenvalue weighted by molar-refractivity contribution is 6.33. The molecule has 1 N–H and O–H groups in total. The van der Waals surface area contributed by atoms with Crippen molar-refractivity contribution in [2.24, 2.45) is 5.92 Å². The second kappa shape index (κ2) is 8.16. The number of rotatable bonds is 4. The maximum Gasteiger partial charge on any atom is 0.419 e. The Morgan fingerprint density at radius 2 is 1.97 bits per heavy atom. The zero-order chi connectivity index (χ0) is 23.5. The molecule has 0 spiro atoms. The van der Waals surface area contributed by atoms with E-state index in [0.717, 1.165) is 42.6 Å². The molecule has 7 nitrogen and oxygen atoms in total. The van der Waals surface area contributed by atoms with Gasteiger partial charge >= 0.3 is 6.18 Å². The predicted molar refractivity (Wildman–Crippen MR) is 113 cm³/mol. The summed E-state index contributed by atoms with van der Waals surface area (Å²) in [5, 5.41) is 9.17. The standard InChI is InChI=1S/C22H24ClF3N4O3/c23-19-18(27-20-16(22(24,25)26)8-14(9-30(19)20)13-2-3-13)21(33)28-5-6-29(17(32)10-28)15-4-1-12(7-15)11-31/h8-9,12-13,15,31H,1-7,10-11H2/t12-,15-/m1/s1. The zero-order valence-electron chi connectivity index (χ0n) is 17.8. The summed E-state index contributed by atoms with van der Waals surface area (Å²) >= 11 is 6.36. The van der Waals surface area contributed by atoms with Crippen LogP contribution in [-0.4, -0.2) is 68.4 Å². The Morgan fingerprint density at radius 3 is 2.58 bits per heavy atom. The van der Waals surface area contributed by atoms with Crippen LogP contribution in [0, 0.1) is 5.92 Å². The van der Waals surface area contributed by atoms with Crippen LogP contribution in [0.5, 0.6) is 0 Å². The lowest BCUT2D eigenvalue weighted by Gasteiger charge is -2.37. The van der Waals surface area contributed by atoms with Crippen LogP contribution in [0.25, 0.3) is 5.65 Å². The van der Waals surface area contributed by atoms with E-state index in [1.165, 1.54) is 11.1 Å². The number of aliphatic hydroxyl groups excluding tert-OH is 1. The number of aromatic nitrogens is 2. The third-order valence-electron chi connectivity index (χ3n) is 7.00. The first-order chi connectivity index (χ1) is 15.7. The van der Waals surface area contributed by atoms with Crippen molar-refractivity contribution in [2.45, 2.75) is 50.2 Å². The van der Waals surface area contributed by atoms with Gasteiger partial charge in [-0.1, -0.05) is 11.6 Å². The first-order valence-corrected chi connectivity index (χ1v) is 11.5. The third-order valence-corrected chi connectivity index (χ3v) is 7.36. The van der Waals surface area contributed by atoms with Crippen molar-refractivity contribution in [2.75, 3.05) is 26.2 Å². The highest BCUT2D eigenvalue weighted by Crippen LogP contribution is 2.43. The Labute approximate surface area is 193 Å². The van der Waals surface area contributed by atoms with Gasteiger partial charge in [0.05, 0.1) is 5.56 Å². The molecule has 2 saturated carbocycles. The average Bonchev–Trinajstić information content (AvgIpc) is 3.43. The molecule has 5 rings (SSSR count). The molecular formula is C22H24ClF3N4O3. The fourth-order valence-electron chi connectivity index (χ4n) is 5.02. The Hall–Kier alpha value is -2.33. The number of pyridine rings is 1. The summed E-state index contributed by atoms with van der Waals surface area (Å²) in [4.78, 5) is 32.9. The van der Waals surface area contributed by atoms with Crippen LogP contribution in [0.15, 0.2) is 12.3 Å². The van der Waals surface area contributed by atoms with Crippen LogP contribution >= 0.6 is 11.6 Å². The van der Waals surface area contributed by atoms with Crippen molar-refractivity contribution < 1.29 is 27.9 Å². The Kier molecular flexibility index (Phi) is 5.55. The van der Waals surface area contributed by atoms with Gasteiger partial charge in [0, 0.05) is 31.9 Å². The summed E-state index contributed by atoms with van der Waals surface area (Å²) in [6.45, 7) is 0.493. The maximum atomic E-state index is 13.7. The summed E-state index contributed by atoms with van der Waals surface area (Å²) in [7, 11) is 0. The number of amides is 2. The molecule has 178 valence electrons. The number of fused-ring (bicyclic) bond motifs is 1. The van der Waals surface area contributed by atoms with Crippen LogP contribution in [0.3, 0.4) is 0 Å². The fraction of sp³-hybridized carbons (Fsp3) is 0.591. The van der Waals surface area contributed by atoms with E-state index in [4.69, 9.17) is 11.6 Å². The van der Waals surface area contributed by atoms with E-state index in [0.29, 0.717) is 12.1 Å². The van der Waals surface area contributed by atoms with Gasteiger partial charge in [0.1, 0.15) is 11.7 Å². The average molecular weight is 485 g/mol. The number of piperazine rings is 1. The maximum absolute atomic E-state index is 13.7. The monoisotopic (exact) mass is 484 g/mol. The Morgan fingerprint density at radius 1 is 1.21 bits per heavy atom. The number of aliphatic hydroxyl groups is 1. The number of carbonyl (C=O) groups is 2. The molecule has 0 unspecified atom stereocenters. The number of carbonyl (C=O) groups excluding carboxylic acids is 2. The smallest absolute Gasteiger partial charge is 0.396 e. The Bertz CT molecular complexity index is 1110. The quantitative estimate of drug-likeness (QED) is 0.722. The molecule has 3 aliphatic rings. The highest BCUT2D eigenvalue weighted by atomic mass is 35.5. The van der Waals surface area contributed by atoms with Gasteiger partial charge in [0.15, 0.2) is 11.3 Å². The van der Waals surface area contributed by atoms with Gasteiger partial charge in [-0.25, -0.2) is 4.98 Å². The first-order valence-electron chi connectivity index (χ1n) is 11.2. The van der Waals surface area contributed by atoms with Crippen LogP contribution in [0.4, 0.5) is 13.2 Å². The SMILES string of the molecule is O=C(c1nc2c(C(F)(F)F)cc(C3CC3)cn2c1Cl)N1CCN([C@@H]2CC[C@@H](CO)C2)C(=O)C1. The van der Waals surface area contributed by atoms with E-state index in [9.17, 15) is 27.9 Å². The van der Waals surface area contributed by atoms with Gasteiger partial charge in [-0.2, -0.15) is 13.2 Å². The molecule has 0 radical (unpaired) electrons. The van der Waals surface area contributed by atoms with E-state index in [1.807, 2.05) is 0 Å². The predicted octanol–water partition coefficient (Wildman–Crippen LogP) is 3.33. The number of hydrogen-bond donors (Lipinski definition) is 1. The van der Waals surface area contributed by atoms with Crippen LogP contribution in [0.1, 0.15) is 59.6 Å². The van der Waals surface area contributed by atoms with Crippen LogP contribution < -0.4 is 0 Å². The number of hydrogen-bond acceptors (Lipinski definition) is 4. The van der Waals surface area contributed by atoms with Crippen molar-refractivity contribution in [1.29, 1.82) is 0 Å². The number of alkyl halides is 3. The van der Waals surface area contributed by atoms with E-state index in [1.54, 1.807) is 4.90 Å². The summed E-state index contributed by atoms with van der Waals surface area (Å²) < 4.78 is 42.3. The largest absolute Gasteiger partial charge is 0.419 e. The molecule has 11 heteroatoms. The zero-order valence-corrected chi connectivity index (χ0v) is 18.6. The van der Waals surface area contributed by atoms with Gasteiger partial charge in [-0.3, -0.25) is 14.0 Å². The first kappa shape index (κ1) is 22.5. The summed E-state index contributed by atoms with van der Waals surface area (Å²) in [5.74, 6) is -0.634. The summed E-state index contributed by atoms with van der Waals surface area (Å²) in [6.07, 6.45) is 0.909. The van der Waals surface area contributed by atoms with Gasteiger partial charge < -0.3 is 14.9 Å². The molecule has 3 heterocycles. The van der Waals surface area contributed by atoms with Crippen molar-refractivity contribution in [3.8, 4) is 0 Å². The topological polar surface area (TPSA) is 78.2 Å². The van der Waals surface area contributed by atoms with E-state index in [-0.39, 0.29) is 54.3 Å². The minimum atomic E-state index is -4.64. The Balaban J connectivity index is 1.40. The minimum absolute atomic E-state index is 0.0425. The molecule has 0 aromatic carbocycles. The van der Waals surface area contributed by atoms with E-state index < -0.39 is 23.3 Å². The molecule has 2 aromatic heterocycles. The minimum Gasteiger partial charge on any atom is -0.396 e. The van der Waals surface area contributed by atoms with Crippen LogP contribution in [0.2, 0.25) is 5.15 Å². The van der Waals surface area contributed by atoms with Crippen molar-refractivity contribution in [3.05, 3.63) is 34.2 Å². The lowest BCUT2D eigenvalue weighted by Crippen LogP contribution is -2.55. The number of nitrogens with zero attached hydrogens (tertiary/aromatic N) is 4.